The molecule has 1 saturated heterocycles. The van der Waals surface area contributed by atoms with E-state index in [1.54, 1.807) is 6.92 Å². The van der Waals surface area contributed by atoms with Gasteiger partial charge in [-0.15, -0.1) is 0 Å². The van der Waals surface area contributed by atoms with Gasteiger partial charge in [-0.05, 0) is 13.3 Å². The molecule has 1 N–H and O–H groups in total. The summed E-state index contributed by atoms with van der Waals surface area (Å²) in [6, 6.07) is 0.232. The van der Waals surface area contributed by atoms with Crippen LogP contribution in [-0.4, -0.2) is 49.1 Å². The Kier molecular flexibility index (Phi) is 5.25. The first kappa shape index (κ1) is 13.0. The van der Waals surface area contributed by atoms with E-state index in [-0.39, 0.29) is 24.5 Å². The van der Waals surface area contributed by atoms with Crippen molar-refractivity contribution in [3.05, 3.63) is 0 Å². The highest BCUT2D eigenvalue weighted by atomic mass is 16.5. The summed E-state index contributed by atoms with van der Waals surface area (Å²) in [6.45, 7) is 5.78. The van der Waals surface area contributed by atoms with E-state index in [2.05, 4.69) is 12.2 Å². The highest BCUT2D eigenvalue weighted by Gasteiger charge is 2.24. The number of carbonyl (C=O) groups excluding carboxylic acids is 2. The molecule has 1 amide bonds. The van der Waals surface area contributed by atoms with Crippen molar-refractivity contribution in [3.8, 4) is 0 Å². The molecule has 5 heteroatoms. The first-order chi connectivity index (χ1) is 7.67. The van der Waals surface area contributed by atoms with Crippen LogP contribution < -0.4 is 5.32 Å². The number of hydrogen-bond acceptors (Lipinski definition) is 4. The smallest absolute Gasteiger partial charge is 0.320 e. The molecular formula is C11H20N2O3. The summed E-state index contributed by atoms with van der Waals surface area (Å²) in [6.07, 6.45) is 1.37. The van der Waals surface area contributed by atoms with Crippen molar-refractivity contribution in [2.24, 2.45) is 0 Å². The van der Waals surface area contributed by atoms with Crippen molar-refractivity contribution in [2.45, 2.75) is 32.7 Å². The molecule has 1 fully saturated rings. The van der Waals surface area contributed by atoms with Crippen molar-refractivity contribution in [1.82, 2.24) is 10.2 Å². The molecule has 0 unspecified atom stereocenters. The molecule has 1 atom stereocenters. The zero-order chi connectivity index (χ0) is 12.0. The fourth-order valence-corrected chi connectivity index (χ4v) is 1.86. The zero-order valence-electron chi connectivity index (χ0n) is 9.99. The molecular weight excluding hydrogens is 208 g/mol. The van der Waals surface area contributed by atoms with Gasteiger partial charge in [-0.2, -0.15) is 0 Å². The summed E-state index contributed by atoms with van der Waals surface area (Å²) in [5, 5.41) is 2.85. The topological polar surface area (TPSA) is 58.6 Å². The van der Waals surface area contributed by atoms with Gasteiger partial charge in [0.1, 0.15) is 0 Å². The third-order valence-electron chi connectivity index (χ3n) is 2.79. The zero-order valence-corrected chi connectivity index (χ0v) is 9.99. The van der Waals surface area contributed by atoms with E-state index in [0.29, 0.717) is 26.1 Å². The Hall–Kier alpha value is -1.10. The van der Waals surface area contributed by atoms with Crippen LogP contribution in [0, 0.1) is 0 Å². The largest absolute Gasteiger partial charge is 0.465 e. The van der Waals surface area contributed by atoms with E-state index in [0.717, 1.165) is 6.42 Å². The number of ether oxygens (including phenoxy) is 1. The van der Waals surface area contributed by atoms with Gasteiger partial charge in [0.15, 0.2) is 0 Å². The van der Waals surface area contributed by atoms with Gasteiger partial charge in [-0.3, -0.25) is 14.5 Å². The second kappa shape index (κ2) is 6.48. The van der Waals surface area contributed by atoms with E-state index in [1.165, 1.54) is 0 Å². The Labute approximate surface area is 96.1 Å². The number of nitrogens with one attached hydrogen (secondary N) is 1. The molecule has 92 valence electrons. The predicted octanol–water partition coefficient (Wildman–Crippen LogP) is 0.150. The summed E-state index contributed by atoms with van der Waals surface area (Å²) in [5.74, 6) is -0.153. The lowest BCUT2D eigenvalue weighted by atomic mass is 10.2. The molecule has 0 aliphatic carbocycles. The van der Waals surface area contributed by atoms with E-state index >= 15 is 0 Å². The molecule has 0 aromatic rings. The predicted molar refractivity (Wildman–Crippen MR) is 59.9 cm³/mol. The highest BCUT2D eigenvalue weighted by molar-refractivity contribution is 5.77. The number of amides is 1. The van der Waals surface area contributed by atoms with Crippen LogP contribution >= 0.6 is 0 Å². The summed E-state index contributed by atoms with van der Waals surface area (Å²) in [5.41, 5.74) is 0. The Bertz CT molecular complexity index is 256. The number of esters is 1. The number of hydrogen-bond donors (Lipinski definition) is 1. The molecule has 0 aromatic carbocycles. The normalized spacial score (nSPS) is 22.4. The van der Waals surface area contributed by atoms with Crippen LogP contribution in [0.5, 0.6) is 0 Å². The standard InChI is InChI=1S/C11H20N2O3/c1-3-9-7-12-10(14)5-6-13(9)8-11(15)16-4-2/h9H,3-8H2,1-2H3,(H,12,14)/t9-/m0/s1. The lowest BCUT2D eigenvalue weighted by molar-refractivity contribution is -0.145. The van der Waals surface area contributed by atoms with Crippen LogP contribution in [0.15, 0.2) is 0 Å². The lowest BCUT2D eigenvalue weighted by Crippen LogP contribution is -2.42. The molecule has 0 spiro atoms. The Morgan fingerprint density at radius 3 is 2.94 bits per heavy atom. The minimum atomic E-state index is -0.213. The van der Waals surface area contributed by atoms with Crippen LogP contribution in [0.25, 0.3) is 0 Å². The minimum Gasteiger partial charge on any atom is -0.465 e. The third-order valence-corrected chi connectivity index (χ3v) is 2.79. The molecule has 0 saturated carbocycles. The van der Waals surface area contributed by atoms with Gasteiger partial charge in [0.2, 0.25) is 5.91 Å². The molecule has 1 aliphatic heterocycles. The Morgan fingerprint density at radius 1 is 1.56 bits per heavy atom. The van der Waals surface area contributed by atoms with Crippen LogP contribution in [0.4, 0.5) is 0 Å². The maximum Gasteiger partial charge on any atom is 0.320 e. The second-order valence-corrected chi connectivity index (χ2v) is 3.89. The van der Waals surface area contributed by atoms with Gasteiger partial charge in [-0.1, -0.05) is 6.92 Å². The summed E-state index contributed by atoms with van der Waals surface area (Å²) in [4.78, 5) is 24.7. The average molecular weight is 228 g/mol. The van der Waals surface area contributed by atoms with E-state index in [9.17, 15) is 9.59 Å². The van der Waals surface area contributed by atoms with Gasteiger partial charge in [0.25, 0.3) is 0 Å². The molecule has 1 heterocycles. The van der Waals surface area contributed by atoms with Crippen LogP contribution in [0.3, 0.4) is 0 Å². The molecule has 0 radical (unpaired) electrons. The number of nitrogens with zero attached hydrogens (tertiary/aromatic N) is 1. The molecule has 1 rings (SSSR count). The van der Waals surface area contributed by atoms with Gasteiger partial charge in [-0.25, -0.2) is 0 Å². The molecule has 16 heavy (non-hydrogen) atoms. The van der Waals surface area contributed by atoms with Gasteiger partial charge >= 0.3 is 5.97 Å². The van der Waals surface area contributed by atoms with Crippen molar-refractivity contribution >= 4 is 11.9 Å². The van der Waals surface area contributed by atoms with Crippen molar-refractivity contribution in [2.75, 3.05) is 26.2 Å². The van der Waals surface area contributed by atoms with Crippen LogP contribution in [0.2, 0.25) is 0 Å². The summed E-state index contributed by atoms with van der Waals surface area (Å²) < 4.78 is 4.92. The summed E-state index contributed by atoms with van der Waals surface area (Å²) in [7, 11) is 0. The number of carbonyl (C=O) groups is 2. The van der Waals surface area contributed by atoms with Gasteiger partial charge < -0.3 is 10.1 Å². The lowest BCUT2D eigenvalue weighted by Gasteiger charge is -2.27. The fourth-order valence-electron chi connectivity index (χ4n) is 1.86. The van der Waals surface area contributed by atoms with Gasteiger partial charge in [0.05, 0.1) is 13.2 Å². The van der Waals surface area contributed by atoms with Crippen molar-refractivity contribution in [3.63, 3.8) is 0 Å². The average Bonchev–Trinajstić information content (AvgIpc) is 2.42. The van der Waals surface area contributed by atoms with Gasteiger partial charge in [0, 0.05) is 25.6 Å². The Morgan fingerprint density at radius 2 is 2.31 bits per heavy atom. The maximum absolute atomic E-state index is 11.4. The van der Waals surface area contributed by atoms with Crippen LogP contribution in [-0.2, 0) is 14.3 Å². The maximum atomic E-state index is 11.4. The van der Waals surface area contributed by atoms with E-state index in [4.69, 9.17) is 4.74 Å². The molecule has 1 aliphatic rings. The third kappa shape index (κ3) is 3.81. The molecule has 5 nitrogen and oxygen atoms in total. The quantitative estimate of drug-likeness (QED) is 0.696. The number of rotatable bonds is 4. The minimum absolute atomic E-state index is 0.0600. The SMILES string of the molecule is CCOC(=O)CN1CCC(=O)NC[C@@H]1CC. The van der Waals surface area contributed by atoms with E-state index in [1.807, 2.05) is 4.90 Å². The Balaban J connectivity index is 2.52. The van der Waals surface area contributed by atoms with Crippen LogP contribution in [0.1, 0.15) is 26.7 Å². The monoisotopic (exact) mass is 228 g/mol. The first-order valence-corrected chi connectivity index (χ1v) is 5.83. The van der Waals surface area contributed by atoms with E-state index < -0.39 is 0 Å². The first-order valence-electron chi connectivity index (χ1n) is 5.83. The highest BCUT2D eigenvalue weighted by Crippen LogP contribution is 2.08. The van der Waals surface area contributed by atoms with Crippen molar-refractivity contribution in [1.29, 1.82) is 0 Å². The summed E-state index contributed by atoms with van der Waals surface area (Å²) >= 11 is 0. The molecule has 0 aromatic heterocycles. The fraction of sp³-hybridized carbons (Fsp3) is 0.818. The second-order valence-electron chi connectivity index (χ2n) is 3.89. The van der Waals surface area contributed by atoms with Crippen molar-refractivity contribution < 1.29 is 14.3 Å². The molecule has 0 bridgehead atoms.